The normalized spacial score (nSPS) is 9.79. The molecule has 0 radical (unpaired) electrons. The van der Waals surface area contributed by atoms with Crippen molar-refractivity contribution < 1.29 is 0 Å². The van der Waals surface area contributed by atoms with E-state index in [9.17, 15) is 0 Å². The molecule has 0 spiro atoms. The number of rotatable bonds is 4. The molecule has 0 saturated heterocycles. The predicted molar refractivity (Wildman–Crippen MR) is 115 cm³/mol. The Hall–Kier alpha value is -3.36. The van der Waals surface area contributed by atoms with Gasteiger partial charge in [0.25, 0.3) is 0 Å². The lowest BCUT2D eigenvalue weighted by atomic mass is 10.1. The average Bonchev–Trinajstić information content (AvgIpc) is 2.74. The summed E-state index contributed by atoms with van der Waals surface area (Å²) in [7, 11) is 0. The Balaban J connectivity index is 1.64. The minimum Gasteiger partial charge on any atom is -0.141 e. The van der Waals surface area contributed by atoms with E-state index in [1.807, 2.05) is 12.1 Å². The predicted octanol–water partition coefficient (Wildman–Crippen LogP) is 5.18. The van der Waals surface area contributed by atoms with E-state index in [1.54, 1.807) is 0 Å². The van der Waals surface area contributed by atoms with Crippen LogP contribution in [0.1, 0.15) is 60.3 Å². The molecular formula is C26H24N2. The third-order valence-corrected chi connectivity index (χ3v) is 4.32. The highest BCUT2D eigenvalue weighted by molar-refractivity contribution is 5.43. The van der Waals surface area contributed by atoms with Gasteiger partial charge < -0.3 is 0 Å². The molecule has 3 aromatic rings. The van der Waals surface area contributed by atoms with Crippen LogP contribution in [0, 0.1) is 23.7 Å². The van der Waals surface area contributed by atoms with Crippen LogP contribution in [0.2, 0.25) is 0 Å². The largest absolute Gasteiger partial charge is 0.141 e. The maximum absolute atomic E-state index is 4.17. The number of nitrogens with zero attached hydrogens (tertiary/aromatic N) is 2. The quantitative estimate of drug-likeness (QED) is 0.596. The lowest BCUT2D eigenvalue weighted by molar-refractivity contribution is 0.922. The van der Waals surface area contributed by atoms with E-state index in [0.29, 0.717) is 11.4 Å². The first-order valence-electron chi connectivity index (χ1n) is 9.82. The van der Waals surface area contributed by atoms with Gasteiger partial charge in [-0.2, -0.15) is 0 Å². The molecule has 0 atom stereocenters. The molecule has 0 amide bonds. The number of aryl methyl sites for hydroxylation is 2. The molecule has 0 N–H and O–H groups in total. The molecule has 2 nitrogen and oxygen atoms in total. The van der Waals surface area contributed by atoms with Gasteiger partial charge in [-0.05, 0) is 72.2 Å². The van der Waals surface area contributed by atoms with Crippen LogP contribution in [-0.4, -0.2) is 10.2 Å². The Morgan fingerprint density at radius 1 is 0.536 bits per heavy atom. The van der Waals surface area contributed by atoms with Crippen LogP contribution in [0.25, 0.3) is 0 Å². The van der Waals surface area contributed by atoms with E-state index in [4.69, 9.17) is 0 Å². The molecule has 0 aliphatic carbocycles. The van der Waals surface area contributed by atoms with Gasteiger partial charge >= 0.3 is 0 Å². The van der Waals surface area contributed by atoms with E-state index in [2.05, 4.69) is 96.3 Å². The van der Waals surface area contributed by atoms with Gasteiger partial charge in [-0.15, -0.1) is 10.2 Å². The minimum atomic E-state index is 0.645. The molecule has 2 aromatic carbocycles. The number of aromatic nitrogens is 2. The van der Waals surface area contributed by atoms with Crippen molar-refractivity contribution in [2.24, 2.45) is 0 Å². The molecule has 0 unspecified atom stereocenters. The third kappa shape index (κ3) is 5.83. The van der Waals surface area contributed by atoms with Crippen molar-refractivity contribution in [2.75, 3.05) is 0 Å². The first-order valence-corrected chi connectivity index (χ1v) is 9.82. The molecule has 138 valence electrons. The monoisotopic (exact) mass is 364 g/mol. The Labute approximate surface area is 168 Å². The van der Waals surface area contributed by atoms with Crippen molar-refractivity contribution >= 4 is 0 Å². The topological polar surface area (TPSA) is 25.8 Å². The fraction of sp³-hybridized carbons (Fsp3) is 0.231. The van der Waals surface area contributed by atoms with E-state index in [-0.39, 0.29) is 0 Å². The van der Waals surface area contributed by atoms with Crippen molar-refractivity contribution in [2.45, 2.75) is 39.5 Å². The van der Waals surface area contributed by atoms with Crippen LogP contribution >= 0.6 is 0 Å². The molecule has 0 aliphatic heterocycles. The van der Waals surface area contributed by atoms with Crippen LogP contribution in [0.4, 0.5) is 0 Å². The molecule has 0 aliphatic rings. The average molecular weight is 364 g/mol. The molecule has 0 bridgehead atoms. The molecule has 28 heavy (non-hydrogen) atoms. The van der Waals surface area contributed by atoms with Gasteiger partial charge in [-0.25, -0.2) is 0 Å². The Morgan fingerprint density at radius 3 is 1.25 bits per heavy atom. The maximum atomic E-state index is 4.17. The summed E-state index contributed by atoms with van der Waals surface area (Å²) in [6.45, 7) is 4.37. The SMILES string of the molecule is CCCc1ccc(C#Cc2ccc(C#Cc3ccc(CCC)cc3)nn2)cc1. The van der Waals surface area contributed by atoms with Gasteiger partial charge in [0.05, 0.1) is 0 Å². The summed E-state index contributed by atoms with van der Waals surface area (Å²) in [4.78, 5) is 0. The summed E-state index contributed by atoms with van der Waals surface area (Å²) >= 11 is 0. The highest BCUT2D eigenvalue weighted by atomic mass is 15.1. The zero-order valence-electron chi connectivity index (χ0n) is 16.5. The summed E-state index contributed by atoms with van der Waals surface area (Å²) in [6, 6.07) is 20.5. The second-order valence-corrected chi connectivity index (χ2v) is 6.70. The second-order valence-electron chi connectivity index (χ2n) is 6.70. The van der Waals surface area contributed by atoms with Crippen LogP contribution in [0.3, 0.4) is 0 Å². The van der Waals surface area contributed by atoms with Gasteiger partial charge in [0.2, 0.25) is 0 Å². The van der Waals surface area contributed by atoms with E-state index >= 15 is 0 Å². The second kappa shape index (κ2) is 10.1. The van der Waals surface area contributed by atoms with Gasteiger partial charge in [0.15, 0.2) is 0 Å². The van der Waals surface area contributed by atoms with Crippen LogP contribution in [0.15, 0.2) is 60.7 Å². The Bertz CT molecular complexity index is 920. The lowest BCUT2D eigenvalue weighted by Crippen LogP contribution is -1.91. The first kappa shape index (κ1) is 19.4. The van der Waals surface area contributed by atoms with Gasteiger partial charge in [-0.1, -0.05) is 62.8 Å². The van der Waals surface area contributed by atoms with E-state index in [0.717, 1.165) is 36.8 Å². The molecule has 2 heteroatoms. The standard InChI is InChI=1S/C26H24N2/c1-3-5-21-7-11-23(12-8-21)15-17-25-19-20-26(28-27-25)18-16-24-13-9-22(6-4-2)10-14-24/h7-14,19-20H,3-6H2,1-2H3. The highest BCUT2D eigenvalue weighted by Crippen LogP contribution is 2.07. The van der Waals surface area contributed by atoms with Crippen molar-refractivity contribution in [1.29, 1.82) is 0 Å². The number of benzene rings is 2. The first-order chi connectivity index (χ1) is 13.8. The zero-order chi connectivity index (χ0) is 19.6. The molecular weight excluding hydrogens is 340 g/mol. The zero-order valence-corrected chi connectivity index (χ0v) is 16.5. The van der Waals surface area contributed by atoms with Crippen molar-refractivity contribution in [3.8, 4) is 23.7 Å². The number of hydrogen-bond donors (Lipinski definition) is 0. The fourth-order valence-corrected chi connectivity index (χ4v) is 2.82. The lowest BCUT2D eigenvalue weighted by Gasteiger charge is -1.97. The summed E-state index contributed by atoms with van der Waals surface area (Å²) in [5.41, 5.74) is 5.94. The highest BCUT2D eigenvalue weighted by Gasteiger charge is 1.95. The van der Waals surface area contributed by atoms with Gasteiger partial charge in [-0.3, -0.25) is 0 Å². The Kier molecular flexibility index (Phi) is 7.00. The van der Waals surface area contributed by atoms with Crippen molar-refractivity contribution in [3.05, 3.63) is 94.3 Å². The Morgan fingerprint density at radius 2 is 0.929 bits per heavy atom. The summed E-state index contributed by atoms with van der Waals surface area (Å²) in [5, 5.41) is 8.33. The third-order valence-electron chi connectivity index (χ3n) is 4.32. The van der Waals surface area contributed by atoms with Crippen molar-refractivity contribution in [1.82, 2.24) is 10.2 Å². The smallest absolute Gasteiger partial charge is 0.136 e. The molecule has 3 rings (SSSR count). The van der Waals surface area contributed by atoms with Gasteiger partial charge in [0.1, 0.15) is 11.4 Å². The maximum Gasteiger partial charge on any atom is 0.136 e. The van der Waals surface area contributed by atoms with Gasteiger partial charge in [0, 0.05) is 11.1 Å². The summed E-state index contributed by atoms with van der Waals surface area (Å²) < 4.78 is 0. The fourth-order valence-electron chi connectivity index (χ4n) is 2.82. The molecule has 0 saturated carbocycles. The number of hydrogen-bond acceptors (Lipinski definition) is 2. The minimum absolute atomic E-state index is 0.645. The molecule has 1 heterocycles. The van der Waals surface area contributed by atoms with Crippen molar-refractivity contribution in [3.63, 3.8) is 0 Å². The van der Waals surface area contributed by atoms with Crippen LogP contribution < -0.4 is 0 Å². The summed E-state index contributed by atoms with van der Waals surface area (Å²) in [5.74, 6) is 12.4. The molecule has 0 fully saturated rings. The van der Waals surface area contributed by atoms with E-state index < -0.39 is 0 Å². The summed E-state index contributed by atoms with van der Waals surface area (Å²) in [6.07, 6.45) is 4.51. The van der Waals surface area contributed by atoms with E-state index in [1.165, 1.54) is 11.1 Å². The van der Waals surface area contributed by atoms with Crippen LogP contribution in [0.5, 0.6) is 0 Å². The molecule has 1 aromatic heterocycles. The van der Waals surface area contributed by atoms with Crippen LogP contribution in [-0.2, 0) is 12.8 Å².